The lowest BCUT2D eigenvalue weighted by Gasteiger charge is -2.18. The molecule has 3 rings (SSSR count). The zero-order valence-corrected chi connectivity index (χ0v) is 13.5. The van der Waals surface area contributed by atoms with E-state index in [0.29, 0.717) is 5.56 Å². The molecule has 2 aromatic carbocycles. The van der Waals surface area contributed by atoms with Gasteiger partial charge < -0.3 is 10.6 Å². The molecular formula is C17H17BrN2O. The standard InChI is InChI=1S/C17H17BrN2O/c1-11-8-14(18)3-5-16(11)17(21)20-15-4-2-12-6-7-19-10-13(12)9-15/h2-5,8-9,19H,6-7,10H2,1H3,(H,20,21). The summed E-state index contributed by atoms with van der Waals surface area (Å²) >= 11 is 3.41. The van der Waals surface area contributed by atoms with Crippen LogP contribution in [0.15, 0.2) is 40.9 Å². The number of anilines is 1. The molecule has 0 aromatic heterocycles. The van der Waals surface area contributed by atoms with Crippen molar-refractivity contribution in [3.63, 3.8) is 0 Å². The van der Waals surface area contributed by atoms with E-state index in [1.54, 1.807) is 0 Å². The van der Waals surface area contributed by atoms with Crippen molar-refractivity contribution in [3.05, 3.63) is 63.1 Å². The number of hydrogen-bond donors (Lipinski definition) is 2. The predicted octanol–water partition coefficient (Wildman–Crippen LogP) is 3.66. The van der Waals surface area contributed by atoms with E-state index >= 15 is 0 Å². The van der Waals surface area contributed by atoms with Gasteiger partial charge in [0.1, 0.15) is 0 Å². The molecule has 108 valence electrons. The Balaban J connectivity index is 1.81. The van der Waals surface area contributed by atoms with Crippen LogP contribution in [-0.2, 0) is 13.0 Å². The maximum absolute atomic E-state index is 12.4. The lowest BCUT2D eigenvalue weighted by molar-refractivity contribution is 0.102. The van der Waals surface area contributed by atoms with Crippen molar-refractivity contribution in [3.8, 4) is 0 Å². The molecule has 4 heteroatoms. The van der Waals surface area contributed by atoms with Gasteiger partial charge in [-0.25, -0.2) is 0 Å². The molecule has 0 aliphatic carbocycles. The number of halogens is 1. The fourth-order valence-electron chi connectivity index (χ4n) is 2.64. The van der Waals surface area contributed by atoms with Crippen molar-refractivity contribution in [1.82, 2.24) is 5.32 Å². The summed E-state index contributed by atoms with van der Waals surface area (Å²) in [7, 11) is 0. The fourth-order valence-corrected chi connectivity index (χ4v) is 3.11. The summed E-state index contributed by atoms with van der Waals surface area (Å²) in [6, 6.07) is 11.8. The van der Waals surface area contributed by atoms with Crippen molar-refractivity contribution >= 4 is 27.5 Å². The van der Waals surface area contributed by atoms with Crippen molar-refractivity contribution in [1.29, 1.82) is 0 Å². The highest BCUT2D eigenvalue weighted by atomic mass is 79.9. The Morgan fingerprint density at radius 2 is 2.05 bits per heavy atom. The first-order chi connectivity index (χ1) is 10.1. The summed E-state index contributed by atoms with van der Waals surface area (Å²) in [5, 5.41) is 6.34. The van der Waals surface area contributed by atoms with Gasteiger partial charge in [-0.2, -0.15) is 0 Å². The number of fused-ring (bicyclic) bond motifs is 1. The maximum atomic E-state index is 12.4. The van der Waals surface area contributed by atoms with Gasteiger partial charge in [-0.3, -0.25) is 4.79 Å². The Morgan fingerprint density at radius 1 is 1.19 bits per heavy atom. The molecule has 0 unspecified atom stereocenters. The molecule has 0 saturated heterocycles. The van der Waals surface area contributed by atoms with E-state index in [9.17, 15) is 4.79 Å². The van der Waals surface area contributed by atoms with E-state index in [0.717, 1.165) is 35.2 Å². The highest BCUT2D eigenvalue weighted by molar-refractivity contribution is 9.10. The first kappa shape index (κ1) is 14.3. The molecule has 1 heterocycles. The van der Waals surface area contributed by atoms with Crippen LogP contribution in [0.4, 0.5) is 5.69 Å². The largest absolute Gasteiger partial charge is 0.322 e. The summed E-state index contributed by atoms with van der Waals surface area (Å²) in [6.07, 6.45) is 1.05. The summed E-state index contributed by atoms with van der Waals surface area (Å²) in [6.45, 7) is 3.84. The molecule has 2 N–H and O–H groups in total. The Morgan fingerprint density at radius 3 is 2.86 bits per heavy atom. The van der Waals surface area contributed by atoms with Gasteiger partial charge in [-0.15, -0.1) is 0 Å². The Bertz CT molecular complexity index is 697. The van der Waals surface area contributed by atoms with Gasteiger partial charge in [0.15, 0.2) is 0 Å². The number of carbonyl (C=O) groups excluding carboxylic acids is 1. The van der Waals surface area contributed by atoms with E-state index < -0.39 is 0 Å². The van der Waals surface area contributed by atoms with Crippen LogP contribution in [0.5, 0.6) is 0 Å². The van der Waals surface area contributed by atoms with E-state index in [1.807, 2.05) is 31.2 Å². The number of amides is 1. The third-order valence-corrected chi connectivity index (χ3v) is 4.28. The zero-order chi connectivity index (χ0) is 14.8. The van der Waals surface area contributed by atoms with Crippen LogP contribution in [0.2, 0.25) is 0 Å². The Hall–Kier alpha value is -1.65. The van der Waals surface area contributed by atoms with Crippen LogP contribution in [0.3, 0.4) is 0 Å². The summed E-state index contributed by atoms with van der Waals surface area (Å²) in [5.74, 6) is -0.0660. The van der Waals surface area contributed by atoms with Crippen molar-refractivity contribution in [2.45, 2.75) is 19.9 Å². The third kappa shape index (κ3) is 3.17. The number of rotatable bonds is 2. The third-order valence-electron chi connectivity index (χ3n) is 3.78. The average Bonchev–Trinajstić information content (AvgIpc) is 2.47. The van der Waals surface area contributed by atoms with Crippen LogP contribution in [0, 0.1) is 6.92 Å². The minimum atomic E-state index is -0.0660. The van der Waals surface area contributed by atoms with Gasteiger partial charge in [0.2, 0.25) is 0 Å². The van der Waals surface area contributed by atoms with E-state index in [1.165, 1.54) is 11.1 Å². The average molecular weight is 345 g/mol. The van der Waals surface area contributed by atoms with Gasteiger partial charge in [0.05, 0.1) is 0 Å². The number of aryl methyl sites for hydroxylation is 1. The lowest BCUT2D eigenvalue weighted by atomic mass is 10.0. The van der Waals surface area contributed by atoms with E-state index in [-0.39, 0.29) is 5.91 Å². The summed E-state index contributed by atoms with van der Waals surface area (Å²) in [4.78, 5) is 12.4. The second kappa shape index (κ2) is 6.00. The molecule has 3 nitrogen and oxygen atoms in total. The second-order valence-electron chi connectivity index (χ2n) is 5.32. The molecule has 0 bridgehead atoms. The summed E-state index contributed by atoms with van der Waals surface area (Å²) < 4.78 is 0.983. The molecule has 1 amide bonds. The molecule has 1 aliphatic heterocycles. The van der Waals surface area contributed by atoms with E-state index in [4.69, 9.17) is 0 Å². The molecular weight excluding hydrogens is 328 g/mol. The first-order valence-electron chi connectivity index (χ1n) is 7.03. The van der Waals surface area contributed by atoms with Crippen LogP contribution < -0.4 is 10.6 Å². The first-order valence-corrected chi connectivity index (χ1v) is 7.83. The summed E-state index contributed by atoms with van der Waals surface area (Å²) in [5.41, 5.74) is 5.15. The molecule has 0 spiro atoms. The van der Waals surface area contributed by atoms with Crippen molar-refractivity contribution in [2.75, 3.05) is 11.9 Å². The normalized spacial score (nSPS) is 13.6. The fraction of sp³-hybridized carbons (Fsp3) is 0.235. The van der Waals surface area contributed by atoms with Crippen molar-refractivity contribution < 1.29 is 4.79 Å². The SMILES string of the molecule is Cc1cc(Br)ccc1C(=O)Nc1ccc2c(c1)CNCC2. The van der Waals surface area contributed by atoms with Gasteiger partial charge in [-0.05, 0) is 66.9 Å². The highest BCUT2D eigenvalue weighted by Crippen LogP contribution is 2.21. The minimum absolute atomic E-state index is 0.0660. The van der Waals surface area contributed by atoms with Gasteiger partial charge in [0.25, 0.3) is 5.91 Å². The number of carbonyl (C=O) groups is 1. The maximum Gasteiger partial charge on any atom is 0.255 e. The lowest BCUT2D eigenvalue weighted by Crippen LogP contribution is -2.23. The van der Waals surface area contributed by atoms with Crippen molar-refractivity contribution in [2.24, 2.45) is 0 Å². The molecule has 0 atom stereocenters. The second-order valence-corrected chi connectivity index (χ2v) is 6.24. The highest BCUT2D eigenvalue weighted by Gasteiger charge is 2.12. The quantitative estimate of drug-likeness (QED) is 0.872. The van der Waals surface area contributed by atoms with Crippen LogP contribution in [0.1, 0.15) is 27.0 Å². The van der Waals surface area contributed by atoms with Gasteiger partial charge in [-0.1, -0.05) is 22.0 Å². The number of nitrogens with one attached hydrogen (secondary N) is 2. The minimum Gasteiger partial charge on any atom is -0.322 e. The van der Waals surface area contributed by atoms with Crippen LogP contribution in [0.25, 0.3) is 0 Å². The molecule has 21 heavy (non-hydrogen) atoms. The Labute approximate surface area is 132 Å². The molecule has 0 fully saturated rings. The van der Waals surface area contributed by atoms with Crippen LogP contribution in [-0.4, -0.2) is 12.5 Å². The topological polar surface area (TPSA) is 41.1 Å². The Kier molecular flexibility index (Phi) is 4.08. The zero-order valence-electron chi connectivity index (χ0n) is 11.9. The smallest absolute Gasteiger partial charge is 0.255 e. The molecule has 0 saturated carbocycles. The van der Waals surface area contributed by atoms with E-state index in [2.05, 4.69) is 38.7 Å². The molecule has 0 radical (unpaired) electrons. The van der Waals surface area contributed by atoms with Gasteiger partial charge >= 0.3 is 0 Å². The van der Waals surface area contributed by atoms with Crippen LogP contribution >= 0.6 is 15.9 Å². The van der Waals surface area contributed by atoms with Gasteiger partial charge in [0, 0.05) is 22.3 Å². The molecule has 1 aliphatic rings. The monoisotopic (exact) mass is 344 g/mol. The molecule has 2 aromatic rings. The number of benzene rings is 2. The number of hydrogen-bond acceptors (Lipinski definition) is 2. The predicted molar refractivity (Wildman–Crippen MR) is 88.7 cm³/mol.